The van der Waals surface area contributed by atoms with Gasteiger partial charge in [-0.15, -0.1) is 0 Å². The lowest BCUT2D eigenvalue weighted by Gasteiger charge is -2.08. The molecule has 0 spiro atoms. The minimum Gasteiger partial charge on any atom is -0.318 e. The molecule has 2 heterocycles. The van der Waals surface area contributed by atoms with Gasteiger partial charge in [0.15, 0.2) is 0 Å². The highest BCUT2D eigenvalue weighted by atomic mass is 79.9. The van der Waals surface area contributed by atoms with Crippen LogP contribution in [0.3, 0.4) is 0 Å². The summed E-state index contributed by atoms with van der Waals surface area (Å²) in [7, 11) is 0. The Bertz CT molecular complexity index is 629. The zero-order valence-electron chi connectivity index (χ0n) is 9.78. The predicted octanol–water partition coefficient (Wildman–Crippen LogP) is 3.51. The fourth-order valence-corrected chi connectivity index (χ4v) is 1.71. The standard InChI is InChI=1S/C12H7BrF3N3O/c13-10-8(2-1-5-17-10)19-11(20)9-4-3-7(6-18-9)12(14,15)16/h1-6H,(H,19,20). The van der Waals surface area contributed by atoms with E-state index in [0.29, 0.717) is 16.5 Å². The van der Waals surface area contributed by atoms with Crippen LogP contribution in [0.4, 0.5) is 18.9 Å². The molecule has 0 aliphatic rings. The monoisotopic (exact) mass is 345 g/mol. The van der Waals surface area contributed by atoms with Crippen LogP contribution < -0.4 is 5.32 Å². The average molecular weight is 346 g/mol. The molecule has 0 bridgehead atoms. The van der Waals surface area contributed by atoms with Crippen LogP contribution in [0.1, 0.15) is 16.1 Å². The summed E-state index contributed by atoms with van der Waals surface area (Å²) in [5.41, 5.74) is -0.621. The summed E-state index contributed by atoms with van der Waals surface area (Å²) in [6.45, 7) is 0. The Morgan fingerprint density at radius 3 is 2.50 bits per heavy atom. The van der Waals surface area contributed by atoms with E-state index < -0.39 is 17.6 Å². The highest BCUT2D eigenvalue weighted by Crippen LogP contribution is 2.28. The van der Waals surface area contributed by atoms with Crippen molar-refractivity contribution in [3.63, 3.8) is 0 Å². The number of hydrogen-bond donors (Lipinski definition) is 1. The summed E-state index contributed by atoms with van der Waals surface area (Å²) in [6, 6.07) is 5.03. The van der Waals surface area contributed by atoms with Crippen LogP contribution in [-0.4, -0.2) is 15.9 Å². The number of nitrogens with one attached hydrogen (secondary N) is 1. The van der Waals surface area contributed by atoms with Gasteiger partial charge in [-0.25, -0.2) is 4.98 Å². The van der Waals surface area contributed by atoms with E-state index in [0.717, 1.165) is 12.1 Å². The summed E-state index contributed by atoms with van der Waals surface area (Å²) < 4.78 is 37.5. The first kappa shape index (κ1) is 14.4. The van der Waals surface area contributed by atoms with E-state index in [1.54, 1.807) is 12.1 Å². The molecule has 1 N–H and O–H groups in total. The number of nitrogens with zero attached hydrogens (tertiary/aromatic N) is 2. The Hall–Kier alpha value is -1.96. The molecular formula is C12H7BrF3N3O. The van der Waals surface area contributed by atoms with Crippen molar-refractivity contribution < 1.29 is 18.0 Å². The molecular weight excluding hydrogens is 339 g/mol. The minimum atomic E-state index is -4.48. The molecule has 20 heavy (non-hydrogen) atoms. The van der Waals surface area contributed by atoms with Crippen LogP contribution in [0.2, 0.25) is 0 Å². The van der Waals surface area contributed by atoms with Crippen molar-refractivity contribution in [1.29, 1.82) is 0 Å². The first-order chi connectivity index (χ1) is 9.38. The Balaban J connectivity index is 2.16. The Morgan fingerprint density at radius 2 is 1.95 bits per heavy atom. The third-order valence-electron chi connectivity index (χ3n) is 2.33. The molecule has 4 nitrogen and oxygen atoms in total. The van der Waals surface area contributed by atoms with Gasteiger partial charge < -0.3 is 5.32 Å². The maximum Gasteiger partial charge on any atom is 0.417 e. The molecule has 0 aromatic carbocycles. The topological polar surface area (TPSA) is 54.9 Å². The molecule has 0 unspecified atom stereocenters. The van der Waals surface area contributed by atoms with E-state index in [4.69, 9.17) is 0 Å². The number of carbonyl (C=O) groups is 1. The molecule has 0 aliphatic heterocycles. The maximum absolute atomic E-state index is 12.4. The van der Waals surface area contributed by atoms with Crippen molar-refractivity contribution in [2.24, 2.45) is 0 Å². The first-order valence-electron chi connectivity index (χ1n) is 5.33. The van der Waals surface area contributed by atoms with Crippen molar-refractivity contribution in [3.05, 3.63) is 52.5 Å². The summed E-state index contributed by atoms with van der Waals surface area (Å²) in [6.07, 6.45) is -2.34. The zero-order chi connectivity index (χ0) is 14.8. The number of halogens is 4. The fourth-order valence-electron chi connectivity index (χ4n) is 1.36. The zero-order valence-corrected chi connectivity index (χ0v) is 11.4. The first-order valence-corrected chi connectivity index (χ1v) is 6.12. The van der Waals surface area contributed by atoms with Crippen molar-refractivity contribution in [2.75, 3.05) is 5.32 Å². The molecule has 0 fully saturated rings. The van der Waals surface area contributed by atoms with Gasteiger partial charge in [0, 0.05) is 12.4 Å². The average Bonchev–Trinajstić information content (AvgIpc) is 2.40. The number of rotatable bonds is 2. The van der Waals surface area contributed by atoms with Crippen LogP contribution in [0.25, 0.3) is 0 Å². The number of carbonyl (C=O) groups excluding carboxylic acids is 1. The number of anilines is 1. The van der Waals surface area contributed by atoms with Gasteiger partial charge in [0.05, 0.1) is 11.3 Å². The van der Waals surface area contributed by atoms with Crippen molar-refractivity contribution in [3.8, 4) is 0 Å². The molecule has 2 aromatic heterocycles. The number of alkyl halides is 3. The molecule has 1 amide bonds. The normalized spacial score (nSPS) is 11.2. The third-order valence-corrected chi connectivity index (χ3v) is 2.96. The van der Waals surface area contributed by atoms with Gasteiger partial charge in [-0.1, -0.05) is 0 Å². The van der Waals surface area contributed by atoms with Gasteiger partial charge in [0.1, 0.15) is 10.3 Å². The Labute approximate surface area is 120 Å². The second-order valence-corrected chi connectivity index (χ2v) is 4.48. The van der Waals surface area contributed by atoms with Gasteiger partial charge in [-0.2, -0.15) is 13.2 Å². The lowest BCUT2D eigenvalue weighted by Crippen LogP contribution is -2.15. The number of hydrogen-bond acceptors (Lipinski definition) is 3. The Morgan fingerprint density at radius 1 is 1.20 bits per heavy atom. The van der Waals surface area contributed by atoms with E-state index in [-0.39, 0.29) is 5.69 Å². The van der Waals surface area contributed by atoms with Gasteiger partial charge in [0.2, 0.25) is 0 Å². The van der Waals surface area contributed by atoms with E-state index in [2.05, 4.69) is 31.2 Å². The van der Waals surface area contributed by atoms with Crippen LogP contribution in [0.15, 0.2) is 41.3 Å². The summed E-state index contributed by atoms with van der Waals surface area (Å²) >= 11 is 3.14. The number of pyridine rings is 2. The third kappa shape index (κ3) is 3.32. The quantitative estimate of drug-likeness (QED) is 0.847. The summed E-state index contributed by atoms with van der Waals surface area (Å²) in [5, 5.41) is 2.49. The number of aromatic nitrogens is 2. The highest BCUT2D eigenvalue weighted by Gasteiger charge is 2.30. The van der Waals surface area contributed by atoms with E-state index in [9.17, 15) is 18.0 Å². The Kier molecular flexibility index (Phi) is 4.03. The largest absolute Gasteiger partial charge is 0.417 e. The van der Waals surface area contributed by atoms with Gasteiger partial charge in [0.25, 0.3) is 5.91 Å². The molecule has 8 heteroatoms. The minimum absolute atomic E-state index is 0.117. The molecule has 0 saturated carbocycles. The molecule has 0 radical (unpaired) electrons. The molecule has 104 valence electrons. The van der Waals surface area contributed by atoms with Crippen LogP contribution in [-0.2, 0) is 6.18 Å². The van der Waals surface area contributed by atoms with Crippen LogP contribution in [0.5, 0.6) is 0 Å². The molecule has 0 saturated heterocycles. The molecule has 0 aliphatic carbocycles. The van der Waals surface area contributed by atoms with Gasteiger partial charge >= 0.3 is 6.18 Å². The molecule has 2 rings (SSSR count). The van der Waals surface area contributed by atoms with E-state index in [1.165, 1.54) is 6.20 Å². The second kappa shape index (κ2) is 5.58. The van der Waals surface area contributed by atoms with Crippen molar-refractivity contribution in [1.82, 2.24) is 9.97 Å². The number of amides is 1. The lowest BCUT2D eigenvalue weighted by molar-refractivity contribution is -0.137. The van der Waals surface area contributed by atoms with Gasteiger partial charge in [-0.05, 0) is 40.2 Å². The highest BCUT2D eigenvalue weighted by molar-refractivity contribution is 9.10. The predicted molar refractivity (Wildman–Crippen MR) is 69.1 cm³/mol. The lowest BCUT2D eigenvalue weighted by atomic mass is 10.2. The van der Waals surface area contributed by atoms with E-state index in [1.807, 2.05) is 0 Å². The van der Waals surface area contributed by atoms with Crippen LogP contribution >= 0.6 is 15.9 Å². The molecule has 2 aromatic rings. The second-order valence-electron chi connectivity index (χ2n) is 3.73. The SMILES string of the molecule is O=C(Nc1cccnc1Br)c1ccc(C(F)(F)F)cn1. The van der Waals surface area contributed by atoms with Crippen molar-refractivity contribution >= 4 is 27.5 Å². The molecule has 0 atom stereocenters. The summed E-state index contributed by atoms with van der Waals surface area (Å²) in [5.74, 6) is -0.618. The maximum atomic E-state index is 12.4. The van der Waals surface area contributed by atoms with Crippen molar-refractivity contribution in [2.45, 2.75) is 6.18 Å². The summed E-state index contributed by atoms with van der Waals surface area (Å²) in [4.78, 5) is 19.2. The fraction of sp³-hybridized carbons (Fsp3) is 0.0833. The van der Waals surface area contributed by atoms with E-state index >= 15 is 0 Å². The van der Waals surface area contributed by atoms with Gasteiger partial charge in [-0.3, -0.25) is 9.78 Å². The van der Waals surface area contributed by atoms with Crippen LogP contribution in [0, 0.1) is 0 Å². The smallest absolute Gasteiger partial charge is 0.318 e.